The molecule has 2 aliphatic rings. The summed E-state index contributed by atoms with van der Waals surface area (Å²) in [5.74, 6) is -0.308. The lowest BCUT2D eigenvalue weighted by molar-refractivity contribution is -0.165. The molecule has 0 unspecified atom stereocenters. The second-order valence-electron chi connectivity index (χ2n) is 7.27. The molecule has 6 nitrogen and oxygen atoms in total. The van der Waals surface area contributed by atoms with Crippen LogP contribution in [0.5, 0.6) is 0 Å². The van der Waals surface area contributed by atoms with Crippen molar-refractivity contribution in [3.05, 3.63) is 11.8 Å². The number of unbranched alkanes of at least 4 members (excludes halogenated alkanes) is 1. The highest BCUT2D eigenvalue weighted by molar-refractivity contribution is 5.93. The Morgan fingerprint density at radius 2 is 2.08 bits per heavy atom. The molecule has 1 N–H and O–H groups in total. The highest BCUT2D eigenvalue weighted by Crippen LogP contribution is 2.43. The predicted octanol–water partition coefficient (Wildman–Crippen LogP) is 2.54. The Kier molecular flexibility index (Phi) is 6.77. The number of fused-ring (bicyclic) bond motifs is 1. The summed E-state index contributed by atoms with van der Waals surface area (Å²) >= 11 is 0. The van der Waals surface area contributed by atoms with Crippen LogP contribution < -0.4 is 0 Å². The third kappa shape index (κ3) is 4.68. The first kappa shape index (κ1) is 20.1. The lowest BCUT2D eigenvalue weighted by atomic mass is 9.79. The molecule has 1 saturated carbocycles. The van der Waals surface area contributed by atoms with Crippen molar-refractivity contribution in [1.29, 1.82) is 0 Å². The second-order valence-corrected chi connectivity index (χ2v) is 7.27. The maximum absolute atomic E-state index is 12.1. The lowest BCUT2D eigenvalue weighted by Gasteiger charge is -2.38. The van der Waals surface area contributed by atoms with E-state index in [9.17, 15) is 14.7 Å². The van der Waals surface area contributed by atoms with Gasteiger partial charge in [0.05, 0.1) is 11.7 Å². The number of carbonyl (C=O) groups is 2. The van der Waals surface area contributed by atoms with Gasteiger partial charge in [0.25, 0.3) is 0 Å². The molecule has 1 heterocycles. The molecule has 1 aliphatic carbocycles. The molecule has 1 amide bonds. The minimum Gasteiger partial charge on any atom is -0.387 e. The van der Waals surface area contributed by atoms with Crippen LogP contribution >= 0.6 is 0 Å². The van der Waals surface area contributed by atoms with Crippen molar-refractivity contribution in [3.63, 3.8) is 0 Å². The van der Waals surface area contributed by atoms with Crippen molar-refractivity contribution in [2.24, 2.45) is 0 Å². The molecule has 4 atom stereocenters. The summed E-state index contributed by atoms with van der Waals surface area (Å²) in [6.45, 7) is 7.34. The number of hydrogen-bond acceptors (Lipinski definition) is 5. The normalized spacial score (nSPS) is 32.4. The second kappa shape index (κ2) is 8.43. The fourth-order valence-electron chi connectivity index (χ4n) is 3.59. The third-order valence-corrected chi connectivity index (χ3v) is 5.19. The van der Waals surface area contributed by atoms with E-state index in [-0.39, 0.29) is 17.8 Å². The van der Waals surface area contributed by atoms with Crippen LogP contribution in [0.15, 0.2) is 11.8 Å². The van der Waals surface area contributed by atoms with E-state index < -0.39 is 17.9 Å². The smallest absolute Gasteiger partial charge is 0.225 e. The van der Waals surface area contributed by atoms with Crippen LogP contribution in [0.25, 0.3) is 0 Å². The van der Waals surface area contributed by atoms with Crippen LogP contribution in [-0.4, -0.2) is 52.3 Å². The Bertz CT molecular complexity index is 532. The van der Waals surface area contributed by atoms with Crippen LogP contribution in [-0.2, 0) is 19.1 Å². The Labute approximate surface area is 150 Å². The van der Waals surface area contributed by atoms with Crippen molar-refractivity contribution in [2.75, 3.05) is 6.61 Å². The molecule has 0 radical (unpaired) electrons. The standard InChI is InChI=1S/C19H31NO5/c1-5-6-10-24-16-8-7-9-19(23)11-17(25-18(16)19)20(15(4)22)12-13(2)14(3)21/h12,16-18,23H,5-11H2,1-4H3/b13-12-/t16-,17+,18-,19+/m0/s1. The van der Waals surface area contributed by atoms with E-state index in [1.165, 1.54) is 24.9 Å². The minimum atomic E-state index is -0.981. The fraction of sp³-hybridized carbons (Fsp3) is 0.789. The predicted molar refractivity (Wildman–Crippen MR) is 93.7 cm³/mol. The highest BCUT2D eigenvalue weighted by atomic mass is 16.6. The summed E-state index contributed by atoms with van der Waals surface area (Å²) in [5.41, 5.74) is -0.498. The summed E-state index contributed by atoms with van der Waals surface area (Å²) in [6.07, 6.45) is 5.12. The zero-order valence-corrected chi connectivity index (χ0v) is 15.8. The van der Waals surface area contributed by atoms with Crippen LogP contribution in [0, 0.1) is 0 Å². The van der Waals surface area contributed by atoms with Crippen LogP contribution in [0.4, 0.5) is 0 Å². The summed E-state index contributed by atoms with van der Waals surface area (Å²) < 4.78 is 12.0. The van der Waals surface area contributed by atoms with Gasteiger partial charge >= 0.3 is 0 Å². The summed E-state index contributed by atoms with van der Waals surface area (Å²) in [5, 5.41) is 11.1. The average molecular weight is 353 g/mol. The molecule has 1 aliphatic heterocycles. The van der Waals surface area contributed by atoms with Crippen LogP contribution in [0.2, 0.25) is 0 Å². The maximum atomic E-state index is 12.1. The van der Waals surface area contributed by atoms with Gasteiger partial charge in [0.1, 0.15) is 12.3 Å². The molecule has 142 valence electrons. The van der Waals surface area contributed by atoms with Gasteiger partial charge in [-0.05, 0) is 39.5 Å². The summed E-state index contributed by atoms with van der Waals surface area (Å²) in [6, 6.07) is 0. The number of allylic oxidation sites excluding steroid dienone is 1. The van der Waals surface area contributed by atoms with Crippen molar-refractivity contribution in [3.8, 4) is 0 Å². The molecule has 6 heteroatoms. The maximum Gasteiger partial charge on any atom is 0.225 e. The zero-order chi connectivity index (χ0) is 18.6. The van der Waals surface area contributed by atoms with Gasteiger partial charge in [-0.1, -0.05) is 13.3 Å². The molecule has 0 bridgehead atoms. The summed E-state index contributed by atoms with van der Waals surface area (Å²) in [7, 11) is 0. The molecule has 1 saturated heterocycles. The van der Waals surface area contributed by atoms with E-state index >= 15 is 0 Å². The number of rotatable bonds is 7. The van der Waals surface area contributed by atoms with E-state index in [1.54, 1.807) is 6.92 Å². The number of ketones is 1. The lowest BCUT2D eigenvalue weighted by Crippen LogP contribution is -2.50. The van der Waals surface area contributed by atoms with Gasteiger partial charge in [-0.2, -0.15) is 0 Å². The molecule has 0 aromatic rings. The van der Waals surface area contributed by atoms with Crippen molar-refractivity contribution < 1.29 is 24.2 Å². The molecule has 0 aromatic heterocycles. The quantitative estimate of drug-likeness (QED) is 0.562. The van der Waals surface area contributed by atoms with Gasteiger partial charge in [-0.3, -0.25) is 14.5 Å². The van der Waals surface area contributed by atoms with E-state index in [4.69, 9.17) is 9.47 Å². The van der Waals surface area contributed by atoms with Crippen molar-refractivity contribution in [1.82, 2.24) is 4.90 Å². The number of hydrogen-bond donors (Lipinski definition) is 1. The van der Waals surface area contributed by atoms with Gasteiger partial charge < -0.3 is 14.6 Å². The zero-order valence-electron chi connectivity index (χ0n) is 15.8. The number of amides is 1. The van der Waals surface area contributed by atoms with Gasteiger partial charge in [-0.15, -0.1) is 0 Å². The topological polar surface area (TPSA) is 76.1 Å². The van der Waals surface area contributed by atoms with E-state index in [0.717, 1.165) is 25.7 Å². The Morgan fingerprint density at radius 1 is 1.36 bits per heavy atom. The minimum absolute atomic E-state index is 0.0962. The molecule has 0 aromatic carbocycles. The van der Waals surface area contributed by atoms with E-state index in [2.05, 4.69) is 6.92 Å². The number of aliphatic hydroxyl groups is 1. The summed E-state index contributed by atoms with van der Waals surface area (Å²) in [4.78, 5) is 25.0. The fourth-order valence-corrected chi connectivity index (χ4v) is 3.59. The van der Waals surface area contributed by atoms with Crippen molar-refractivity contribution >= 4 is 11.7 Å². The molecular formula is C19H31NO5. The number of Topliss-reactive ketones (excluding diaryl/α,β-unsaturated/α-hetero) is 1. The van der Waals surface area contributed by atoms with Crippen molar-refractivity contribution in [2.45, 2.75) is 90.3 Å². The van der Waals surface area contributed by atoms with Gasteiger partial charge in [0.2, 0.25) is 5.91 Å². The van der Waals surface area contributed by atoms with Gasteiger partial charge in [0.15, 0.2) is 5.78 Å². The molecule has 0 spiro atoms. The molecule has 25 heavy (non-hydrogen) atoms. The average Bonchev–Trinajstić information content (AvgIpc) is 2.89. The molecular weight excluding hydrogens is 322 g/mol. The van der Waals surface area contributed by atoms with E-state index in [0.29, 0.717) is 25.0 Å². The Hall–Kier alpha value is -1.24. The first-order valence-electron chi connectivity index (χ1n) is 9.26. The van der Waals surface area contributed by atoms with Gasteiger partial charge in [0, 0.05) is 31.7 Å². The third-order valence-electron chi connectivity index (χ3n) is 5.19. The SMILES string of the molecule is CCCCO[C@H]1CCC[C@@]2(O)C[C@H](N(/C=C(/C)C(C)=O)C(C)=O)O[C@@H]12. The monoisotopic (exact) mass is 353 g/mol. The number of nitrogens with zero attached hydrogens (tertiary/aromatic N) is 1. The largest absolute Gasteiger partial charge is 0.387 e. The number of ether oxygens (including phenoxy) is 2. The van der Waals surface area contributed by atoms with E-state index in [1.807, 2.05) is 0 Å². The Balaban J connectivity index is 2.15. The number of carbonyl (C=O) groups excluding carboxylic acids is 2. The van der Waals surface area contributed by atoms with Gasteiger partial charge in [-0.25, -0.2) is 0 Å². The highest BCUT2D eigenvalue weighted by Gasteiger charge is 2.54. The molecule has 2 fully saturated rings. The first-order valence-corrected chi connectivity index (χ1v) is 9.26. The van der Waals surface area contributed by atoms with Crippen LogP contribution in [0.1, 0.15) is 66.2 Å². The van der Waals surface area contributed by atoms with Crippen LogP contribution in [0.3, 0.4) is 0 Å². The first-order chi connectivity index (χ1) is 11.8. The molecule has 2 rings (SSSR count). The Morgan fingerprint density at radius 3 is 2.68 bits per heavy atom.